The molecule has 0 atom stereocenters. The van der Waals surface area contributed by atoms with Gasteiger partial charge < -0.3 is 9.64 Å². The van der Waals surface area contributed by atoms with Crippen LogP contribution >= 0.6 is 0 Å². The summed E-state index contributed by atoms with van der Waals surface area (Å²) in [6.07, 6.45) is 0.228. The predicted octanol–water partition coefficient (Wildman–Crippen LogP) is 2.88. The number of aromatic nitrogens is 2. The molecule has 0 N–H and O–H groups in total. The van der Waals surface area contributed by atoms with Crippen molar-refractivity contribution < 1.29 is 9.53 Å². The Kier molecular flexibility index (Phi) is 5.11. The number of amides is 1. The molecule has 0 fully saturated rings. The van der Waals surface area contributed by atoms with Gasteiger partial charge in [0.15, 0.2) is 0 Å². The van der Waals surface area contributed by atoms with Crippen LogP contribution in [0.25, 0.3) is 11.0 Å². The van der Waals surface area contributed by atoms with Gasteiger partial charge in [-0.2, -0.15) is 0 Å². The van der Waals surface area contributed by atoms with Crippen molar-refractivity contribution in [1.29, 1.82) is 0 Å². The van der Waals surface area contributed by atoms with Gasteiger partial charge in [-0.15, -0.1) is 0 Å². The van der Waals surface area contributed by atoms with Crippen molar-refractivity contribution in [2.45, 2.75) is 26.4 Å². The number of rotatable bonds is 6. The molecular weight excluding hydrogens is 330 g/mol. The van der Waals surface area contributed by atoms with E-state index in [1.165, 1.54) is 0 Å². The lowest BCUT2D eigenvalue weighted by Gasteiger charge is -2.20. The molecule has 26 heavy (non-hydrogen) atoms. The van der Waals surface area contributed by atoms with Gasteiger partial charge >= 0.3 is 5.69 Å². The second-order valence-electron chi connectivity index (χ2n) is 6.04. The highest BCUT2D eigenvalue weighted by molar-refractivity contribution is 5.94. The highest BCUT2D eigenvalue weighted by Gasteiger charge is 2.17. The van der Waals surface area contributed by atoms with Gasteiger partial charge in [-0.25, -0.2) is 4.79 Å². The normalized spacial score (nSPS) is 10.9. The fourth-order valence-electron chi connectivity index (χ4n) is 3.21. The summed E-state index contributed by atoms with van der Waals surface area (Å²) in [7, 11) is 3.30. The number of ether oxygens (including phenoxy) is 1. The van der Waals surface area contributed by atoms with Crippen molar-refractivity contribution >= 4 is 22.6 Å². The molecule has 0 aliphatic rings. The largest absolute Gasteiger partial charge is 0.495 e. The smallest absolute Gasteiger partial charge is 0.329 e. The number of anilines is 1. The first-order valence-electron chi connectivity index (χ1n) is 8.66. The number of aryl methyl sites for hydroxylation is 2. The number of fused-ring (bicyclic) bond motifs is 1. The van der Waals surface area contributed by atoms with Crippen molar-refractivity contribution in [2.75, 3.05) is 19.1 Å². The molecule has 1 aromatic heterocycles. The average Bonchev–Trinajstić information content (AvgIpc) is 2.96. The third kappa shape index (κ3) is 3.10. The lowest BCUT2D eigenvalue weighted by atomic mass is 10.2. The first-order chi connectivity index (χ1) is 12.6. The molecule has 0 aliphatic carbocycles. The maximum atomic E-state index is 12.7. The molecule has 0 bridgehead atoms. The molecule has 0 spiro atoms. The van der Waals surface area contributed by atoms with Crippen LogP contribution in [0.2, 0.25) is 0 Å². The van der Waals surface area contributed by atoms with E-state index in [0.717, 1.165) is 11.0 Å². The number of carbonyl (C=O) groups is 1. The van der Waals surface area contributed by atoms with Gasteiger partial charge in [-0.1, -0.05) is 24.3 Å². The molecule has 0 radical (unpaired) electrons. The first kappa shape index (κ1) is 17.8. The Morgan fingerprint density at radius 3 is 2.31 bits per heavy atom. The van der Waals surface area contributed by atoms with Crippen molar-refractivity contribution in [3.63, 3.8) is 0 Å². The molecule has 3 rings (SSSR count). The molecule has 1 heterocycles. The van der Waals surface area contributed by atoms with Crippen molar-refractivity contribution in [1.82, 2.24) is 9.13 Å². The summed E-state index contributed by atoms with van der Waals surface area (Å²) in [5.41, 5.74) is 2.38. The Labute approximate surface area is 152 Å². The second kappa shape index (κ2) is 7.47. The van der Waals surface area contributed by atoms with Gasteiger partial charge in [0.2, 0.25) is 5.91 Å². The van der Waals surface area contributed by atoms with E-state index in [9.17, 15) is 9.59 Å². The van der Waals surface area contributed by atoms with Crippen LogP contribution in [-0.2, 0) is 17.9 Å². The van der Waals surface area contributed by atoms with E-state index in [2.05, 4.69) is 0 Å². The molecule has 0 aliphatic heterocycles. The second-order valence-corrected chi connectivity index (χ2v) is 6.04. The quantitative estimate of drug-likeness (QED) is 0.685. The van der Waals surface area contributed by atoms with E-state index in [1.807, 2.05) is 55.5 Å². The third-order valence-electron chi connectivity index (χ3n) is 4.61. The van der Waals surface area contributed by atoms with Crippen LogP contribution in [0.1, 0.15) is 13.3 Å². The zero-order valence-electron chi connectivity index (χ0n) is 15.3. The van der Waals surface area contributed by atoms with Crippen LogP contribution in [0, 0.1) is 0 Å². The number of benzene rings is 2. The summed E-state index contributed by atoms with van der Waals surface area (Å²) in [6, 6.07) is 15.0. The number of methoxy groups -OCH3 is 1. The lowest BCUT2D eigenvalue weighted by Crippen LogP contribution is -2.30. The molecular formula is C20H23N3O3. The molecule has 0 unspecified atom stereocenters. The molecule has 136 valence electrons. The Bertz CT molecular complexity index is 987. The number of carbonyl (C=O) groups excluding carboxylic acids is 1. The van der Waals surface area contributed by atoms with Crippen LogP contribution in [0.5, 0.6) is 5.75 Å². The summed E-state index contributed by atoms with van der Waals surface area (Å²) in [4.78, 5) is 26.9. The fourth-order valence-corrected chi connectivity index (χ4v) is 3.21. The van der Waals surface area contributed by atoms with Crippen LogP contribution in [0.15, 0.2) is 53.3 Å². The maximum Gasteiger partial charge on any atom is 0.329 e. The number of nitrogens with zero attached hydrogens (tertiary/aromatic N) is 3. The third-order valence-corrected chi connectivity index (χ3v) is 4.61. The molecule has 6 heteroatoms. The lowest BCUT2D eigenvalue weighted by molar-refractivity contribution is -0.118. The Morgan fingerprint density at radius 2 is 1.65 bits per heavy atom. The molecule has 1 amide bonds. The number of imidazole rings is 1. The van der Waals surface area contributed by atoms with Gasteiger partial charge in [-0.3, -0.25) is 13.9 Å². The molecule has 3 aromatic rings. The minimum absolute atomic E-state index is 0.0743. The summed E-state index contributed by atoms with van der Waals surface area (Å²) >= 11 is 0. The zero-order chi connectivity index (χ0) is 18.7. The molecule has 6 nitrogen and oxygen atoms in total. The SMILES string of the molecule is CCn1c(=O)n(CCC(=O)N(C)c2ccccc2OC)c2ccccc21. The predicted molar refractivity (Wildman–Crippen MR) is 103 cm³/mol. The zero-order valence-corrected chi connectivity index (χ0v) is 15.3. The van der Waals surface area contributed by atoms with E-state index in [4.69, 9.17) is 4.74 Å². The maximum absolute atomic E-state index is 12.7. The van der Waals surface area contributed by atoms with E-state index in [0.29, 0.717) is 24.5 Å². The molecule has 2 aromatic carbocycles. The summed E-state index contributed by atoms with van der Waals surface area (Å²) in [6.45, 7) is 2.88. The van der Waals surface area contributed by atoms with Crippen molar-refractivity contribution in [3.8, 4) is 5.75 Å². The monoisotopic (exact) mass is 353 g/mol. The van der Waals surface area contributed by atoms with E-state index >= 15 is 0 Å². The summed E-state index contributed by atoms with van der Waals surface area (Å²) in [5, 5.41) is 0. The highest BCUT2D eigenvalue weighted by atomic mass is 16.5. The van der Waals surface area contributed by atoms with Crippen LogP contribution in [0.3, 0.4) is 0 Å². The highest BCUT2D eigenvalue weighted by Crippen LogP contribution is 2.27. The Morgan fingerprint density at radius 1 is 1.04 bits per heavy atom. The minimum atomic E-state index is -0.0820. The van der Waals surface area contributed by atoms with E-state index < -0.39 is 0 Å². The number of para-hydroxylation sites is 4. The topological polar surface area (TPSA) is 56.5 Å². The van der Waals surface area contributed by atoms with Crippen LogP contribution in [0.4, 0.5) is 5.69 Å². The van der Waals surface area contributed by atoms with Gasteiger partial charge in [-0.05, 0) is 31.2 Å². The standard InChI is InChI=1S/C20H23N3O3/c1-4-22-15-9-5-6-10-16(15)23(20(22)25)14-13-19(24)21(2)17-11-7-8-12-18(17)26-3/h5-12H,4,13-14H2,1-3H3. The van der Waals surface area contributed by atoms with Crippen LogP contribution in [-0.4, -0.2) is 29.2 Å². The average molecular weight is 353 g/mol. The molecule has 0 saturated heterocycles. The number of hydrogen-bond donors (Lipinski definition) is 0. The van der Waals surface area contributed by atoms with Gasteiger partial charge in [0.1, 0.15) is 5.75 Å². The summed E-state index contributed by atoms with van der Waals surface area (Å²) < 4.78 is 8.72. The fraction of sp³-hybridized carbons (Fsp3) is 0.300. The van der Waals surface area contributed by atoms with Crippen molar-refractivity contribution in [3.05, 3.63) is 59.0 Å². The van der Waals surface area contributed by atoms with Crippen LogP contribution < -0.4 is 15.3 Å². The Hall–Kier alpha value is -3.02. The van der Waals surface area contributed by atoms with Crippen molar-refractivity contribution in [2.24, 2.45) is 0 Å². The van der Waals surface area contributed by atoms with Gasteiger partial charge in [0.05, 0.1) is 23.8 Å². The minimum Gasteiger partial charge on any atom is -0.495 e. The van der Waals surface area contributed by atoms with Gasteiger partial charge in [0.25, 0.3) is 0 Å². The molecule has 0 saturated carbocycles. The van der Waals surface area contributed by atoms with Gasteiger partial charge in [0, 0.05) is 26.6 Å². The Balaban J connectivity index is 1.83. The van der Waals surface area contributed by atoms with E-state index in [1.54, 1.807) is 28.2 Å². The van der Waals surface area contributed by atoms with E-state index in [-0.39, 0.29) is 18.0 Å². The first-order valence-corrected chi connectivity index (χ1v) is 8.66. The summed E-state index contributed by atoms with van der Waals surface area (Å²) in [5.74, 6) is 0.567. The number of hydrogen-bond acceptors (Lipinski definition) is 3.